The van der Waals surface area contributed by atoms with Crippen LogP contribution in [0, 0.1) is 0 Å². The third-order valence-electron chi connectivity index (χ3n) is 1.53. The maximum absolute atomic E-state index is 11.2. The second-order valence-corrected chi connectivity index (χ2v) is 3.27. The van der Waals surface area contributed by atoms with E-state index in [0.717, 1.165) is 4.47 Å². The summed E-state index contributed by atoms with van der Waals surface area (Å²) in [7, 11) is 1.78. The van der Waals surface area contributed by atoms with Crippen LogP contribution in [-0.4, -0.2) is 25.8 Å². The van der Waals surface area contributed by atoms with Crippen molar-refractivity contribution in [2.24, 2.45) is 0 Å². The number of carbonyl (C=O) groups excluding carboxylic acids is 1. The fourth-order valence-electron chi connectivity index (χ4n) is 0.929. The maximum atomic E-state index is 11.2. The van der Waals surface area contributed by atoms with Crippen LogP contribution in [-0.2, 0) is 4.74 Å². The Hall–Kier alpha value is -1.01. The molecule has 1 aromatic rings. The Morgan fingerprint density at radius 3 is 2.86 bits per heavy atom. The molecule has 0 aromatic heterocycles. The number of ether oxygens (including phenoxy) is 1. The van der Waals surface area contributed by atoms with E-state index in [0.29, 0.717) is 7.69 Å². The molecule has 6 heteroatoms. The van der Waals surface area contributed by atoms with Gasteiger partial charge in [-0.15, -0.1) is 0 Å². The zero-order valence-corrected chi connectivity index (χ0v) is 8.95. The molecule has 0 fully saturated rings. The molecule has 0 unspecified atom stereocenters. The zero-order valence-electron chi connectivity index (χ0n) is 7.36. The summed E-state index contributed by atoms with van der Waals surface area (Å²) in [6.45, 7) is 0. The first-order valence-corrected chi connectivity index (χ1v) is 4.48. The monoisotopic (exact) mass is 257 g/mol. The third kappa shape index (κ3) is 2.49. The fraction of sp³-hybridized carbons (Fsp3) is 0.125. The molecule has 0 saturated carbocycles. The number of rotatable bonds is 3. The van der Waals surface area contributed by atoms with Gasteiger partial charge in [0, 0.05) is 4.47 Å². The van der Waals surface area contributed by atoms with Crippen molar-refractivity contribution in [2.75, 3.05) is 7.11 Å². The first-order valence-electron chi connectivity index (χ1n) is 3.69. The molecular formula is C8H7BBrO4. The van der Waals surface area contributed by atoms with Crippen molar-refractivity contribution in [3.63, 3.8) is 0 Å². The van der Waals surface area contributed by atoms with Gasteiger partial charge in [-0.05, 0) is 18.2 Å². The summed E-state index contributed by atoms with van der Waals surface area (Å²) in [6.07, 6.45) is 0. The second kappa shape index (κ2) is 5.02. The average Bonchev–Trinajstić information content (AvgIpc) is 2.17. The van der Waals surface area contributed by atoms with Crippen molar-refractivity contribution in [1.29, 1.82) is 0 Å². The minimum Gasteiger partial charge on any atom is -0.537 e. The Bertz CT molecular complexity index is 342. The topological polar surface area (TPSA) is 55.8 Å². The van der Waals surface area contributed by atoms with Gasteiger partial charge in [-0.3, -0.25) is 0 Å². The summed E-state index contributed by atoms with van der Waals surface area (Å²) in [5.74, 6) is -0.289. The van der Waals surface area contributed by atoms with Crippen LogP contribution in [0.15, 0.2) is 22.7 Å². The smallest absolute Gasteiger partial charge is 0.537 e. The van der Waals surface area contributed by atoms with E-state index in [9.17, 15) is 4.79 Å². The molecule has 0 aliphatic carbocycles. The van der Waals surface area contributed by atoms with Crippen molar-refractivity contribution in [2.45, 2.75) is 0 Å². The van der Waals surface area contributed by atoms with Gasteiger partial charge < -0.3 is 14.4 Å². The highest BCUT2D eigenvalue weighted by Gasteiger charge is 2.13. The molecular weight excluding hydrogens is 251 g/mol. The van der Waals surface area contributed by atoms with Gasteiger partial charge in [0.1, 0.15) is 5.75 Å². The number of carbonyl (C=O) groups is 1. The van der Waals surface area contributed by atoms with Gasteiger partial charge in [0.05, 0.1) is 12.7 Å². The number of halogens is 1. The lowest BCUT2D eigenvalue weighted by molar-refractivity contribution is 0.0598. The van der Waals surface area contributed by atoms with Crippen LogP contribution in [0.1, 0.15) is 10.4 Å². The SMILES string of the molecule is COC(=O)c1ccc(Br)cc1O[B]O. The highest BCUT2D eigenvalue weighted by Crippen LogP contribution is 2.23. The molecule has 0 bridgehead atoms. The van der Waals surface area contributed by atoms with Crippen LogP contribution >= 0.6 is 15.9 Å². The van der Waals surface area contributed by atoms with Crippen molar-refractivity contribution >= 4 is 29.6 Å². The highest BCUT2D eigenvalue weighted by molar-refractivity contribution is 9.10. The number of hydrogen-bond donors (Lipinski definition) is 1. The van der Waals surface area contributed by atoms with E-state index in [-0.39, 0.29) is 11.3 Å². The molecule has 14 heavy (non-hydrogen) atoms. The number of hydrogen-bond acceptors (Lipinski definition) is 4. The molecule has 4 nitrogen and oxygen atoms in total. The molecule has 0 aliphatic rings. The van der Waals surface area contributed by atoms with Crippen LogP contribution in [0.25, 0.3) is 0 Å². The van der Waals surface area contributed by atoms with E-state index in [1.165, 1.54) is 13.2 Å². The number of esters is 1. The highest BCUT2D eigenvalue weighted by atomic mass is 79.9. The molecule has 1 radical (unpaired) electrons. The summed E-state index contributed by atoms with van der Waals surface area (Å²) in [4.78, 5) is 11.2. The predicted octanol–water partition coefficient (Wildman–Crippen LogP) is 1.14. The standard InChI is InChI=1S/C8H7BBrO4/c1-13-8(11)6-3-2-5(10)4-7(6)14-9-12/h2-4,12H,1H3. The van der Waals surface area contributed by atoms with Crippen LogP contribution in [0.2, 0.25) is 0 Å². The van der Waals surface area contributed by atoms with Crippen LogP contribution < -0.4 is 4.65 Å². The van der Waals surface area contributed by atoms with E-state index >= 15 is 0 Å². The molecule has 0 aliphatic heterocycles. The molecule has 0 saturated heterocycles. The molecule has 0 heterocycles. The van der Waals surface area contributed by atoms with E-state index in [1.54, 1.807) is 12.1 Å². The lowest BCUT2D eigenvalue weighted by Crippen LogP contribution is -2.08. The zero-order chi connectivity index (χ0) is 10.6. The Morgan fingerprint density at radius 2 is 2.29 bits per heavy atom. The van der Waals surface area contributed by atoms with Crippen molar-refractivity contribution in [3.8, 4) is 5.75 Å². The Balaban J connectivity index is 3.07. The lowest BCUT2D eigenvalue weighted by atomic mass is 10.2. The Kier molecular flexibility index (Phi) is 3.97. The van der Waals surface area contributed by atoms with Crippen LogP contribution in [0.3, 0.4) is 0 Å². The second-order valence-electron chi connectivity index (χ2n) is 2.36. The van der Waals surface area contributed by atoms with E-state index in [4.69, 9.17) is 9.68 Å². The van der Waals surface area contributed by atoms with Crippen molar-refractivity contribution < 1.29 is 19.2 Å². The maximum Gasteiger partial charge on any atom is 0.569 e. The van der Waals surface area contributed by atoms with Crippen molar-refractivity contribution in [3.05, 3.63) is 28.2 Å². The number of benzene rings is 1. The summed E-state index contributed by atoms with van der Waals surface area (Å²) < 4.78 is 10.0. The normalized spacial score (nSPS) is 9.36. The average molecular weight is 258 g/mol. The Labute approximate surface area is 90.3 Å². The molecule has 0 amide bonds. The summed E-state index contributed by atoms with van der Waals surface area (Å²) in [5.41, 5.74) is 0.251. The van der Waals surface area contributed by atoms with E-state index < -0.39 is 5.97 Å². The van der Waals surface area contributed by atoms with Gasteiger partial charge in [0.25, 0.3) is 0 Å². The summed E-state index contributed by atoms with van der Waals surface area (Å²) in [5, 5.41) is 8.47. The fourth-order valence-corrected chi connectivity index (χ4v) is 1.27. The molecule has 1 rings (SSSR count). The van der Waals surface area contributed by atoms with Gasteiger partial charge >= 0.3 is 13.7 Å². The van der Waals surface area contributed by atoms with E-state index in [1.807, 2.05) is 0 Å². The van der Waals surface area contributed by atoms with Crippen LogP contribution in [0.5, 0.6) is 5.75 Å². The Morgan fingerprint density at radius 1 is 1.57 bits per heavy atom. The van der Waals surface area contributed by atoms with Crippen LogP contribution in [0.4, 0.5) is 0 Å². The van der Waals surface area contributed by atoms with E-state index in [2.05, 4.69) is 20.7 Å². The van der Waals surface area contributed by atoms with Gasteiger partial charge in [-0.25, -0.2) is 4.79 Å². The first kappa shape index (κ1) is 11.1. The molecule has 1 aromatic carbocycles. The minimum absolute atomic E-state index is 0.230. The van der Waals surface area contributed by atoms with Gasteiger partial charge in [0.15, 0.2) is 0 Å². The largest absolute Gasteiger partial charge is 0.569 e. The first-order chi connectivity index (χ1) is 6.69. The number of methoxy groups -OCH3 is 1. The quantitative estimate of drug-likeness (QED) is 0.652. The molecule has 0 atom stereocenters. The van der Waals surface area contributed by atoms with Gasteiger partial charge in [-0.1, -0.05) is 15.9 Å². The molecule has 73 valence electrons. The minimum atomic E-state index is -0.519. The molecule has 1 N–H and O–H groups in total. The lowest BCUT2D eigenvalue weighted by Gasteiger charge is -2.07. The van der Waals surface area contributed by atoms with Gasteiger partial charge in [0.2, 0.25) is 0 Å². The third-order valence-corrected chi connectivity index (χ3v) is 2.02. The molecule has 0 spiro atoms. The summed E-state index contributed by atoms with van der Waals surface area (Å²) >= 11 is 3.21. The summed E-state index contributed by atoms with van der Waals surface area (Å²) in [6, 6.07) is 4.77. The predicted molar refractivity (Wildman–Crippen MR) is 54.1 cm³/mol. The van der Waals surface area contributed by atoms with Crippen molar-refractivity contribution in [1.82, 2.24) is 0 Å². The van der Waals surface area contributed by atoms with Gasteiger partial charge in [-0.2, -0.15) is 0 Å².